The van der Waals surface area contributed by atoms with Gasteiger partial charge in [-0.1, -0.05) is 22.0 Å². The summed E-state index contributed by atoms with van der Waals surface area (Å²) in [6, 6.07) is 10.4. The Balaban J connectivity index is 2.05. The van der Waals surface area contributed by atoms with Crippen LogP contribution in [0.15, 0.2) is 46.9 Å². The highest BCUT2D eigenvalue weighted by molar-refractivity contribution is 9.10. The molecule has 0 aliphatic carbocycles. The Labute approximate surface area is 118 Å². The molecule has 0 heterocycles. The average Bonchev–Trinajstić information content (AvgIpc) is 2.39. The molecule has 0 bridgehead atoms. The molecule has 0 radical (unpaired) electrons. The molecule has 0 saturated carbocycles. The van der Waals surface area contributed by atoms with E-state index in [1.54, 1.807) is 0 Å². The van der Waals surface area contributed by atoms with Crippen molar-refractivity contribution >= 4 is 21.6 Å². The van der Waals surface area contributed by atoms with Gasteiger partial charge in [-0.3, -0.25) is 0 Å². The van der Waals surface area contributed by atoms with Crippen molar-refractivity contribution in [2.24, 2.45) is 0 Å². The van der Waals surface area contributed by atoms with Gasteiger partial charge >= 0.3 is 0 Å². The zero-order chi connectivity index (χ0) is 13.8. The first-order chi connectivity index (χ1) is 9.06. The van der Waals surface area contributed by atoms with Crippen LogP contribution in [-0.4, -0.2) is 11.7 Å². The summed E-state index contributed by atoms with van der Waals surface area (Å²) in [5, 5.41) is 12.8. The van der Waals surface area contributed by atoms with Gasteiger partial charge in [0.1, 0.15) is 11.6 Å². The van der Waals surface area contributed by atoms with E-state index in [0.717, 1.165) is 28.4 Å². The van der Waals surface area contributed by atoms with Crippen LogP contribution in [0.4, 0.5) is 14.5 Å². The van der Waals surface area contributed by atoms with Gasteiger partial charge in [0.15, 0.2) is 0 Å². The number of aliphatic hydroxyl groups excluding tert-OH is 1. The summed E-state index contributed by atoms with van der Waals surface area (Å²) in [7, 11) is 0. The minimum absolute atomic E-state index is 0.0532. The van der Waals surface area contributed by atoms with E-state index in [1.165, 1.54) is 0 Å². The molecule has 2 nitrogen and oxygen atoms in total. The minimum Gasteiger partial charge on any atom is -0.386 e. The second-order valence-corrected chi connectivity index (χ2v) is 4.99. The molecule has 0 aromatic heterocycles. The summed E-state index contributed by atoms with van der Waals surface area (Å²) < 4.78 is 27.4. The third-order valence-corrected chi connectivity index (χ3v) is 3.13. The lowest BCUT2D eigenvalue weighted by Gasteiger charge is -2.14. The van der Waals surface area contributed by atoms with Crippen molar-refractivity contribution in [2.45, 2.75) is 6.10 Å². The molecule has 5 heteroatoms. The van der Waals surface area contributed by atoms with Crippen LogP contribution in [0.2, 0.25) is 0 Å². The molecule has 0 aliphatic heterocycles. The van der Waals surface area contributed by atoms with Gasteiger partial charge in [-0.25, -0.2) is 8.78 Å². The largest absolute Gasteiger partial charge is 0.386 e. The summed E-state index contributed by atoms with van der Waals surface area (Å²) >= 11 is 3.32. The Morgan fingerprint density at radius 2 is 1.95 bits per heavy atom. The second-order valence-electron chi connectivity index (χ2n) is 4.07. The first kappa shape index (κ1) is 14.0. The quantitative estimate of drug-likeness (QED) is 0.893. The Morgan fingerprint density at radius 3 is 2.68 bits per heavy atom. The lowest BCUT2D eigenvalue weighted by Crippen LogP contribution is -2.13. The number of benzene rings is 2. The predicted molar refractivity (Wildman–Crippen MR) is 73.9 cm³/mol. The van der Waals surface area contributed by atoms with Crippen LogP contribution < -0.4 is 5.32 Å². The Bertz CT molecular complexity index is 577. The second kappa shape index (κ2) is 6.12. The molecule has 19 heavy (non-hydrogen) atoms. The lowest BCUT2D eigenvalue weighted by atomic mass is 10.1. The number of halogens is 3. The maximum atomic E-state index is 13.4. The predicted octanol–water partition coefficient (Wildman–Crippen LogP) is 3.87. The number of anilines is 1. The van der Waals surface area contributed by atoms with Gasteiger partial charge in [0.25, 0.3) is 0 Å². The van der Waals surface area contributed by atoms with E-state index in [1.807, 2.05) is 24.3 Å². The molecule has 1 unspecified atom stereocenters. The normalized spacial score (nSPS) is 12.2. The van der Waals surface area contributed by atoms with Gasteiger partial charge in [-0.15, -0.1) is 0 Å². The summed E-state index contributed by atoms with van der Waals surface area (Å²) in [4.78, 5) is 0. The summed E-state index contributed by atoms with van der Waals surface area (Å²) in [5.74, 6) is -1.19. The van der Waals surface area contributed by atoms with E-state index in [4.69, 9.17) is 0 Å². The number of hydrogen-bond acceptors (Lipinski definition) is 2. The molecule has 2 N–H and O–H groups in total. The summed E-state index contributed by atoms with van der Waals surface area (Å²) in [6.07, 6.45) is -1.12. The number of aliphatic hydroxyl groups is 1. The fraction of sp³-hybridized carbons (Fsp3) is 0.143. The Hall–Kier alpha value is -1.46. The average molecular weight is 328 g/mol. The zero-order valence-corrected chi connectivity index (χ0v) is 11.5. The molecular formula is C14H12BrF2NO. The van der Waals surface area contributed by atoms with Crippen molar-refractivity contribution in [3.63, 3.8) is 0 Å². The monoisotopic (exact) mass is 327 g/mol. The van der Waals surface area contributed by atoms with Crippen molar-refractivity contribution in [3.8, 4) is 0 Å². The zero-order valence-electron chi connectivity index (χ0n) is 9.91. The number of nitrogens with one attached hydrogen (secondary N) is 1. The van der Waals surface area contributed by atoms with E-state index in [9.17, 15) is 13.9 Å². The van der Waals surface area contributed by atoms with Crippen LogP contribution >= 0.6 is 15.9 Å². The molecule has 2 aromatic rings. The molecule has 0 saturated heterocycles. The molecule has 0 spiro atoms. The minimum atomic E-state index is -1.12. The highest BCUT2D eigenvalue weighted by Gasteiger charge is 2.13. The van der Waals surface area contributed by atoms with Crippen molar-refractivity contribution in [1.29, 1.82) is 0 Å². The Morgan fingerprint density at radius 1 is 1.16 bits per heavy atom. The standard InChI is InChI=1S/C14H12BrF2NO/c15-9-2-1-3-11(6-9)18-8-14(19)12-7-10(16)4-5-13(12)17/h1-7,14,18-19H,8H2. The van der Waals surface area contributed by atoms with Crippen molar-refractivity contribution in [3.05, 3.63) is 64.1 Å². The molecule has 0 aliphatic rings. The van der Waals surface area contributed by atoms with Crippen LogP contribution in [-0.2, 0) is 0 Å². The lowest BCUT2D eigenvalue weighted by molar-refractivity contribution is 0.186. The van der Waals surface area contributed by atoms with Crippen molar-refractivity contribution in [1.82, 2.24) is 0 Å². The fourth-order valence-corrected chi connectivity index (χ4v) is 2.09. The molecular weight excluding hydrogens is 316 g/mol. The highest BCUT2D eigenvalue weighted by atomic mass is 79.9. The van der Waals surface area contributed by atoms with Crippen LogP contribution in [0.25, 0.3) is 0 Å². The first-order valence-electron chi connectivity index (χ1n) is 5.69. The van der Waals surface area contributed by atoms with Gasteiger partial charge in [0.2, 0.25) is 0 Å². The molecule has 0 amide bonds. The van der Waals surface area contributed by atoms with E-state index >= 15 is 0 Å². The molecule has 1 atom stereocenters. The fourth-order valence-electron chi connectivity index (χ4n) is 1.69. The van der Waals surface area contributed by atoms with Crippen LogP contribution in [0.1, 0.15) is 11.7 Å². The van der Waals surface area contributed by atoms with E-state index in [-0.39, 0.29) is 12.1 Å². The molecule has 2 aromatic carbocycles. The topological polar surface area (TPSA) is 32.3 Å². The SMILES string of the molecule is OC(CNc1cccc(Br)c1)c1cc(F)ccc1F. The third kappa shape index (κ3) is 3.75. The summed E-state index contributed by atoms with van der Waals surface area (Å²) in [6.45, 7) is 0.0941. The van der Waals surface area contributed by atoms with Gasteiger partial charge < -0.3 is 10.4 Å². The van der Waals surface area contributed by atoms with Gasteiger partial charge in [-0.2, -0.15) is 0 Å². The van der Waals surface area contributed by atoms with Crippen molar-refractivity contribution in [2.75, 3.05) is 11.9 Å². The van der Waals surface area contributed by atoms with Crippen LogP contribution in [0.5, 0.6) is 0 Å². The van der Waals surface area contributed by atoms with E-state index in [0.29, 0.717) is 0 Å². The number of hydrogen-bond donors (Lipinski definition) is 2. The van der Waals surface area contributed by atoms with Crippen LogP contribution in [0, 0.1) is 11.6 Å². The summed E-state index contributed by atoms with van der Waals surface area (Å²) in [5.41, 5.74) is 0.729. The van der Waals surface area contributed by atoms with Gasteiger partial charge in [-0.05, 0) is 36.4 Å². The molecule has 0 fully saturated rings. The van der Waals surface area contributed by atoms with Crippen molar-refractivity contribution < 1.29 is 13.9 Å². The van der Waals surface area contributed by atoms with E-state index < -0.39 is 17.7 Å². The number of rotatable bonds is 4. The molecule has 2 rings (SSSR count). The third-order valence-electron chi connectivity index (χ3n) is 2.64. The Kier molecular flexibility index (Phi) is 4.50. The van der Waals surface area contributed by atoms with Gasteiger partial charge in [0, 0.05) is 22.3 Å². The smallest absolute Gasteiger partial charge is 0.129 e. The first-order valence-corrected chi connectivity index (χ1v) is 6.48. The van der Waals surface area contributed by atoms with E-state index in [2.05, 4.69) is 21.2 Å². The molecule has 100 valence electrons. The van der Waals surface area contributed by atoms with Gasteiger partial charge in [0.05, 0.1) is 6.10 Å². The maximum Gasteiger partial charge on any atom is 0.129 e. The highest BCUT2D eigenvalue weighted by Crippen LogP contribution is 2.20. The maximum absolute atomic E-state index is 13.4. The van der Waals surface area contributed by atoms with Crippen LogP contribution in [0.3, 0.4) is 0 Å².